The molecule has 1 aliphatic rings. The Morgan fingerprint density at radius 3 is 1.61 bits per heavy atom. The second-order valence-electron chi connectivity index (χ2n) is 14.8. The molecule has 0 fully saturated rings. The standard InChI is InChI=1S/C51H28N4S/c1-3-10-32-26-35(20-18-29(32)8-1)50-52-49(53-51(54-50)36-21-19-30-9-2-4-11-33(30)27-36)34-12-5-13-37(28-34)55-40-16-6-14-38-39-15-7-17-42-46(39)48-43(56-42)25-23-31-22-24-41(55)47(44(31)48)45(38)40/h1-28H. The van der Waals surface area contributed by atoms with Crippen molar-refractivity contribution in [1.29, 1.82) is 0 Å². The van der Waals surface area contributed by atoms with Gasteiger partial charge >= 0.3 is 0 Å². The van der Waals surface area contributed by atoms with E-state index in [-0.39, 0.29) is 0 Å². The van der Waals surface area contributed by atoms with Gasteiger partial charge in [0.05, 0.1) is 11.0 Å². The fraction of sp³-hybridized carbons (Fsp3) is 0. The zero-order chi connectivity index (χ0) is 36.5. The van der Waals surface area contributed by atoms with E-state index in [9.17, 15) is 0 Å². The van der Waals surface area contributed by atoms with Crippen LogP contribution in [0.25, 0.3) is 125 Å². The Kier molecular flexibility index (Phi) is 6.01. The number of hydrogen-bond acceptors (Lipinski definition) is 4. The second-order valence-corrected chi connectivity index (χ2v) is 15.9. The number of rotatable bonds is 4. The van der Waals surface area contributed by atoms with Crippen LogP contribution in [0.15, 0.2) is 170 Å². The van der Waals surface area contributed by atoms with Crippen LogP contribution in [0.1, 0.15) is 0 Å². The van der Waals surface area contributed by atoms with E-state index in [1.165, 1.54) is 74.6 Å². The summed E-state index contributed by atoms with van der Waals surface area (Å²) in [5.74, 6) is 1.93. The summed E-state index contributed by atoms with van der Waals surface area (Å²) in [6.07, 6.45) is 0. The maximum absolute atomic E-state index is 5.20. The van der Waals surface area contributed by atoms with Crippen LogP contribution in [0.5, 0.6) is 0 Å². The second kappa shape index (κ2) is 11.2. The summed E-state index contributed by atoms with van der Waals surface area (Å²) in [7, 11) is 0. The molecule has 0 atom stereocenters. The molecular formula is C51H28N4S. The van der Waals surface area contributed by atoms with Crippen LogP contribution in [0.2, 0.25) is 0 Å². The maximum Gasteiger partial charge on any atom is 0.164 e. The van der Waals surface area contributed by atoms with Crippen LogP contribution in [0.4, 0.5) is 0 Å². The highest BCUT2D eigenvalue weighted by atomic mass is 32.1. The first kappa shape index (κ1) is 30.2. The SMILES string of the molecule is c1cc(-c2nc(-c3ccc4ccccc4c3)nc(-c3ccc4ccccc4c3)n2)cc(-n2c3cccc4c3c3c5c(ccc6sc7cccc-4c7c65)ccc32)c1. The van der Waals surface area contributed by atoms with E-state index in [0.717, 1.165) is 33.2 Å². The number of aromatic nitrogens is 4. The van der Waals surface area contributed by atoms with Gasteiger partial charge in [0.2, 0.25) is 0 Å². The largest absolute Gasteiger partial charge is 0.309 e. The number of hydrogen-bond donors (Lipinski definition) is 0. The Morgan fingerprint density at radius 1 is 0.339 bits per heavy atom. The van der Waals surface area contributed by atoms with Gasteiger partial charge in [0, 0.05) is 58.7 Å². The highest BCUT2D eigenvalue weighted by Crippen LogP contribution is 2.52. The van der Waals surface area contributed by atoms with E-state index in [2.05, 4.69) is 174 Å². The van der Waals surface area contributed by atoms with E-state index in [4.69, 9.17) is 15.0 Å². The zero-order valence-electron chi connectivity index (χ0n) is 29.9. The van der Waals surface area contributed by atoms with Crippen molar-refractivity contribution < 1.29 is 0 Å². The van der Waals surface area contributed by atoms with E-state index < -0.39 is 0 Å². The Bertz CT molecular complexity index is 3570. The van der Waals surface area contributed by atoms with Gasteiger partial charge in [-0.25, -0.2) is 15.0 Å². The molecule has 0 N–H and O–H groups in total. The minimum absolute atomic E-state index is 0.637. The third kappa shape index (κ3) is 4.20. The Balaban J connectivity index is 1.06. The molecule has 3 heterocycles. The molecule has 1 aliphatic carbocycles. The molecule has 0 spiro atoms. The van der Waals surface area contributed by atoms with Crippen LogP contribution < -0.4 is 0 Å². The molecule has 5 heteroatoms. The van der Waals surface area contributed by atoms with Gasteiger partial charge in [0.1, 0.15) is 0 Å². The van der Waals surface area contributed by atoms with Crippen LogP contribution in [0, 0.1) is 0 Å². The first-order valence-corrected chi connectivity index (χ1v) is 19.7. The molecule has 9 aromatic carbocycles. The lowest BCUT2D eigenvalue weighted by Crippen LogP contribution is -2.01. The van der Waals surface area contributed by atoms with Crippen LogP contribution in [-0.2, 0) is 0 Å². The Hall–Kier alpha value is -7.21. The third-order valence-electron chi connectivity index (χ3n) is 11.7. The topological polar surface area (TPSA) is 43.6 Å². The summed E-state index contributed by atoms with van der Waals surface area (Å²) in [6.45, 7) is 0. The molecule has 258 valence electrons. The normalized spacial score (nSPS) is 12.3. The lowest BCUT2D eigenvalue weighted by molar-refractivity contribution is 1.07. The van der Waals surface area contributed by atoms with Crippen LogP contribution in [-0.4, -0.2) is 19.5 Å². The molecule has 0 radical (unpaired) electrons. The number of fused-ring (bicyclic) bond motifs is 3. The zero-order valence-corrected chi connectivity index (χ0v) is 30.7. The van der Waals surface area contributed by atoms with Crippen molar-refractivity contribution in [2.45, 2.75) is 0 Å². The van der Waals surface area contributed by atoms with E-state index in [0.29, 0.717) is 17.5 Å². The summed E-state index contributed by atoms with van der Waals surface area (Å²) in [4.78, 5) is 15.5. The van der Waals surface area contributed by atoms with Crippen molar-refractivity contribution in [1.82, 2.24) is 19.5 Å². The summed E-state index contributed by atoms with van der Waals surface area (Å²) in [5, 5.41) is 12.7. The average molecular weight is 729 g/mol. The quantitative estimate of drug-likeness (QED) is 0.181. The van der Waals surface area contributed by atoms with Crippen LogP contribution in [0.3, 0.4) is 0 Å². The Morgan fingerprint density at radius 2 is 0.893 bits per heavy atom. The summed E-state index contributed by atoms with van der Waals surface area (Å²) < 4.78 is 5.11. The molecule has 12 aromatic rings. The minimum Gasteiger partial charge on any atom is -0.309 e. The van der Waals surface area contributed by atoms with Gasteiger partial charge in [-0.1, -0.05) is 121 Å². The molecule has 0 aliphatic heterocycles. The molecule has 0 unspecified atom stereocenters. The molecule has 56 heavy (non-hydrogen) atoms. The highest BCUT2D eigenvalue weighted by Gasteiger charge is 2.25. The molecule has 0 saturated heterocycles. The smallest absolute Gasteiger partial charge is 0.164 e. The molecule has 3 aromatic heterocycles. The molecule has 0 bridgehead atoms. The van der Waals surface area contributed by atoms with Crippen molar-refractivity contribution in [2.24, 2.45) is 0 Å². The molecule has 4 nitrogen and oxygen atoms in total. The highest BCUT2D eigenvalue weighted by molar-refractivity contribution is 7.26. The summed E-state index contributed by atoms with van der Waals surface area (Å²) in [5.41, 5.74) is 8.88. The van der Waals surface area contributed by atoms with E-state index >= 15 is 0 Å². The van der Waals surface area contributed by atoms with Gasteiger partial charge in [-0.05, 0) is 86.6 Å². The lowest BCUT2D eigenvalue weighted by atomic mass is 9.98. The number of thiophene rings is 1. The van der Waals surface area contributed by atoms with Gasteiger partial charge in [-0.15, -0.1) is 11.3 Å². The molecule has 0 saturated carbocycles. The first-order chi connectivity index (χ1) is 27.7. The van der Waals surface area contributed by atoms with Crippen molar-refractivity contribution in [3.05, 3.63) is 170 Å². The van der Waals surface area contributed by atoms with Crippen molar-refractivity contribution in [3.8, 4) is 51.0 Å². The molecule has 0 amide bonds. The maximum atomic E-state index is 5.20. The van der Waals surface area contributed by atoms with Crippen molar-refractivity contribution in [3.63, 3.8) is 0 Å². The monoisotopic (exact) mass is 728 g/mol. The fourth-order valence-electron chi connectivity index (χ4n) is 9.20. The van der Waals surface area contributed by atoms with Crippen molar-refractivity contribution in [2.75, 3.05) is 0 Å². The van der Waals surface area contributed by atoms with Gasteiger partial charge in [-0.2, -0.15) is 0 Å². The number of benzene rings is 9. The lowest BCUT2D eigenvalue weighted by Gasteiger charge is -2.13. The van der Waals surface area contributed by atoms with Gasteiger partial charge in [-0.3, -0.25) is 0 Å². The average Bonchev–Trinajstić information content (AvgIpc) is 3.78. The van der Waals surface area contributed by atoms with Gasteiger partial charge in [0.15, 0.2) is 17.5 Å². The first-order valence-electron chi connectivity index (χ1n) is 18.9. The van der Waals surface area contributed by atoms with E-state index in [1.54, 1.807) is 0 Å². The minimum atomic E-state index is 0.637. The molecular weight excluding hydrogens is 701 g/mol. The Labute approximate surface area is 324 Å². The number of nitrogens with zero attached hydrogens (tertiary/aromatic N) is 4. The van der Waals surface area contributed by atoms with Gasteiger partial charge in [0.25, 0.3) is 0 Å². The van der Waals surface area contributed by atoms with Crippen molar-refractivity contribution >= 4 is 85.6 Å². The molecule has 13 rings (SSSR count). The third-order valence-corrected chi connectivity index (χ3v) is 12.8. The summed E-state index contributed by atoms with van der Waals surface area (Å²) >= 11 is 1.89. The van der Waals surface area contributed by atoms with E-state index in [1.807, 2.05) is 11.3 Å². The fourth-order valence-corrected chi connectivity index (χ4v) is 10.3. The summed E-state index contributed by atoms with van der Waals surface area (Å²) in [6, 6.07) is 61.2. The van der Waals surface area contributed by atoms with Gasteiger partial charge < -0.3 is 4.57 Å². The predicted molar refractivity (Wildman–Crippen MR) is 235 cm³/mol. The predicted octanol–water partition coefficient (Wildman–Crippen LogP) is 13.8. The van der Waals surface area contributed by atoms with Crippen LogP contribution >= 0.6 is 11.3 Å².